The van der Waals surface area contributed by atoms with E-state index in [9.17, 15) is 4.79 Å². The molecule has 1 aromatic carbocycles. The van der Waals surface area contributed by atoms with Crippen molar-refractivity contribution in [3.05, 3.63) is 41.2 Å². The zero-order valence-corrected chi connectivity index (χ0v) is 13.0. The number of carbonyl (C=O) groups excluding carboxylic acids is 1. The van der Waals surface area contributed by atoms with Crippen LogP contribution >= 0.6 is 11.6 Å². The minimum absolute atomic E-state index is 0.0143. The van der Waals surface area contributed by atoms with Crippen molar-refractivity contribution in [2.75, 3.05) is 13.7 Å². The van der Waals surface area contributed by atoms with Gasteiger partial charge in [0.25, 0.3) is 5.91 Å². The van der Waals surface area contributed by atoms with Gasteiger partial charge < -0.3 is 10.1 Å². The van der Waals surface area contributed by atoms with Crippen LogP contribution in [-0.2, 0) is 4.74 Å². The average molecular weight is 307 g/mol. The molecule has 0 aliphatic carbocycles. The number of carbonyl (C=O) groups is 1. The van der Waals surface area contributed by atoms with Crippen LogP contribution in [0.4, 0.5) is 0 Å². The van der Waals surface area contributed by atoms with Crippen LogP contribution in [0.3, 0.4) is 0 Å². The summed E-state index contributed by atoms with van der Waals surface area (Å²) in [7, 11) is 1.62. The maximum absolute atomic E-state index is 12.3. The molecule has 1 aromatic heterocycles. The molecule has 0 aliphatic heterocycles. The van der Waals surface area contributed by atoms with E-state index in [1.165, 1.54) is 0 Å². The van der Waals surface area contributed by atoms with Crippen molar-refractivity contribution in [2.24, 2.45) is 0 Å². The Morgan fingerprint density at radius 2 is 2.19 bits per heavy atom. The number of amides is 1. The summed E-state index contributed by atoms with van der Waals surface area (Å²) in [5, 5.41) is 5.04. The van der Waals surface area contributed by atoms with E-state index in [1.54, 1.807) is 13.2 Å². The Kier molecular flexibility index (Phi) is 5.53. The van der Waals surface area contributed by atoms with Gasteiger partial charge in [-0.1, -0.05) is 49.2 Å². The molecule has 2 aromatic rings. The monoisotopic (exact) mass is 306 g/mol. The smallest absolute Gasteiger partial charge is 0.270 e. The Hall–Kier alpha value is -1.65. The third-order valence-corrected chi connectivity index (χ3v) is 3.55. The molecular weight excluding hydrogens is 288 g/mol. The number of nitrogens with zero attached hydrogens (tertiary/aromatic N) is 1. The van der Waals surface area contributed by atoms with Gasteiger partial charge in [-0.2, -0.15) is 0 Å². The number of rotatable bonds is 6. The Labute approximate surface area is 129 Å². The van der Waals surface area contributed by atoms with Crippen LogP contribution in [-0.4, -0.2) is 30.6 Å². The van der Waals surface area contributed by atoms with Gasteiger partial charge in [0.15, 0.2) is 0 Å². The summed E-state index contributed by atoms with van der Waals surface area (Å²) in [6, 6.07) is 9.35. The first-order valence-electron chi connectivity index (χ1n) is 7.00. The van der Waals surface area contributed by atoms with Crippen molar-refractivity contribution in [1.82, 2.24) is 10.3 Å². The van der Waals surface area contributed by atoms with Gasteiger partial charge in [-0.05, 0) is 17.9 Å². The maximum atomic E-state index is 12.3. The summed E-state index contributed by atoms with van der Waals surface area (Å²) in [5.74, 6) is -0.224. The SMILES string of the molecule is CCCC(COC)NC(=O)c1cc2ccccc2c(Cl)n1. The van der Waals surface area contributed by atoms with E-state index in [2.05, 4.69) is 17.2 Å². The topological polar surface area (TPSA) is 51.2 Å². The first kappa shape index (κ1) is 15.7. The van der Waals surface area contributed by atoms with Crippen molar-refractivity contribution in [2.45, 2.75) is 25.8 Å². The second kappa shape index (κ2) is 7.38. The van der Waals surface area contributed by atoms with Crippen LogP contribution in [0.5, 0.6) is 0 Å². The Balaban J connectivity index is 2.22. The first-order chi connectivity index (χ1) is 10.2. The van der Waals surface area contributed by atoms with Gasteiger partial charge in [0, 0.05) is 12.5 Å². The van der Waals surface area contributed by atoms with Gasteiger partial charge in [0.2, 0.25) is 0 Å². The first-order valence-corrected chi connectivity index (χ1v) is 7.38. The summed E-state index contributed by atoms with van der Waals surface area (Å²) < 4.78 is 5.13. The highest BCUT2D eigenvalue weighted by atomic mass is 35.5. The average Bonchev–Trinajstić information content (AvgIpc) is 2.47. The number of fused-ring (bicyclic) bond motifs is 1. The number of ether oxygens (including phenoxy) is 1. The lowest BCUT2D eigenvalue weighted by molar-refractivity contribution is 0.0887. The van der Waals surface area contributed by atoms with E-state index in [0.29, 0.717) is 17.5 Å². The number of methoxy groups -OCH3 is 1. The molecule has 112 valence electrons. The number of benzene rings is 1. The summed E-state index contributed by atoms with van der Waals surface area (Å²) in [5.41, 5.74) is 0.330. The Morgan fingerprint density at radius 3 is 2.90 bits per heavy atom. The predicted molar refractivity (Wildman–Crippen MR) is 84.8 cm³/mol. The zero-order chi connectivity index (χ0) is 15.2. The van der Waals surface area contributed by atoms with Crippen molar-refractivity contribution < 1.29 is 9.53 Å². The fourth-order valence-corrected chi connectivity index (χ4v) is 2.54. The molecule has 1 N–H and O–H groups in total. The van der Waals surface area contributed by atoms with E-state index in [4.69, 9.17) is 16.3 Å². The van der Waals surface area contributed by atoms with Crippen LogP contribution in [0.1, 0.15) is 30.3 Å². The predicted octanol–water partition coefficient (Wildman–Crippen LogP) is 3.43. The van der Waals surface area contributed by atoms with Crippen LogP contribution in [0.2, 0.25) is 5.15 Å². The molecule has 0 saturated carbocycles. The molecule has 21 heavy (non-hydrogen) atoms. The molecule has 0 spiro atoms. The highest BCUT2D eigenvalue weighted by Crippen LogP contribution is 2.22. The maximum Gasteiger partial charge on any atom is 0.270 e. The van der Waals surface area contributed by atoms with Gasteiger partial charge in [0.05, 0.1) is 12.6 Å². The molecule has 0 bridgehead atoms. The van der Waals surface area contributed by atoms with Crippen LogP contribution < -0.4 is 5.32 Å². The lowest BCUT2D eigenvalue weighted by Crippen LogP contribution is -2.38. The van der Waals surface area contributed by atoms with Crippen LogP contribution in [0.15, 0.2) is 30.3 Å². The number of hydrogen-bond donors (Lipinski definition) is 1. The molecule has 1 unspecified atom stereocenters. The van der Waals surface area contributed by atoms with Crippen molar-refractivity contribution in [3.8, 4) is 0 Å². The molecule has 4 nitrogen and oxygen atoms in total. The van der Waals surface area contributed by atoms with Gasteiger partial charge in [-0.25, -0.2) is 4.98 Å². The third-order valence-electron chi connectivity index (χ3n) is 3.27. The van der Waals surface area contributed by atoms with Gasteiger partial charge in [0.1, 0.15) is 10.8 Å². The largest absolute Gasteiger partial charge is 0.383 e. The molecule has 1 amide bonds. The summed E-state index contributed by atoms with van der Waals surface area (Å²) in [6.45, 7) is 2.56. The van der Waals surface area contributed by atoms with Gasteiger partial charge >= 0.3 is 0 Å². The van der Waals surface area contributed by atoms with E-state index < -0.39 is 0 Å². The summed E-state index contributed by atoms with van der Waals surface area (Å²) >= 11 is 6.15. The Morgan fingerprint density at radius 1 is 1.43 bits per heavy atom. The fraction of sp³-hybridized carbons (Fsp3) is 0.375. The van der Waals surface area contributed by atoms with E-state index >= 15 is 0 Å². The van der Waals surface area contributed by atoms with Crippen molar-refractivity contribution in [1.29, 1.82) is 0 Å². The molecule has 1 heterocycles. The molecule has 1 atom stereocenters. The summed E-state index contributed by atoms with van der Waals surface area (Å²) in [4.78, 5) is 16.5. The second-order valence-electron chi connectivity index (χ2n) is 4.93. The minimum Gasteiger partial charge on any atom is -0.383 e. The number of hydrogen-bond acceptors (Lipinski definition) is 3. The summed E-state index contributed by atoms with van der Waals surface area (Å²) in [6.07, 6.45) is 1.83. The van der Waals surface area contributed by atoms with Crippen molar-refractivity contribution >= 4 is 28.3 Å². The number of aromatic nitrogens is 1. The molecule has 0 saturated heterocycles. The van der Waals surface area contributed by atoms with E-state index in [-0.39, 0.29) is 11.9 Å². The van der Waals surface area contributed by atoms with Crippen LogP contribution in [0.25, 0.3) is 10.8 Å². The van der Waals surface area contributed by atoms with E-state index in [1.807, 2.05) is 24.3 Å². The highest BCUT2D eigenvalue weighted by molar-refractivity contribution is 6.34. The third kappa shape index (κ3) is 3.93. The zero-order valence-electron chi connectivity index (χ0n) is 12.2. The standard InChI is InChI=1S/C16H19ClN2O2/c1-3-6-12(10-21-2)18-16(20)14-9-11-7-4-5-8-13(11)15(17)19-14/h4-5,7-9,12H,3,6,10H2,1-2H3,(H,18,20). The lowest BCUT2D eigenvalue weighted by Gasteiger charge is -2.17. The molecule has 0 radical (unpaired) electrons. The normalized spacial score (nSPS) is 12.3. The molecular formula is C16H19ClN2O2. The van der Waals surface area contributed by atoms with Gasteiger partial charge in [-0.15, -0.1) is 0 Å². The van der Waals surface area contributed by atoms with E-state index in [0.717, 1.165) is 23.6 Å². The highest BCUT2D eigenvalue weighted by Gasteiger charge is 2.15. The fourth-order valence-electron chi connectivity index (χ4n) is 2.28. The number of pyridine rings is 1. The Bertz CT molecular complexity index is 625. The molecule has 0 fully saturated rings. The number of nitrogens with one attached hydrogen (secondary N) is 1. The molecule has 5 heteroatoms. The molecule has 2 rings (SSSR count). The molecule has 0 aliphatic rings. The lowest BCUT2D eigenvalue weighted by atomic mass is 10.1. The minimum atomic E-state index is -0.224. The quantitative estimate of drug-likeness (QED) is 0.832. The van der Waals surface area contributed by atoms with Crippen LogP contribution in [0, 0.1) is 0 Å². The number of halogens is 1. The van der Waals surface area contributed by atoms with Gasteiger partial charge in [-0.3, -0.25) is 4.79 Å². The van der Waals surface area contributed by atoms with Crippen molar-refractivity contribution in [3.63, 3.8) is 0 Å². The second-order valence-corrected chi connectivity index (χ2v) is 5.29.